The molecule has 1 fully saturated rings. The van der Waals surface area contributed by atoms with Crippen molar-refractivity contribution in [2.75, 3.05) is 0 Å². The molecule has 0 atom stereocenters. The molecule has 0 saturated carbocycles. The Morgan fingerprint density at radius 3 is 1.80 bits per heavy atom. The highest BCUT2D eigenvalue weighted by molar-refractivity contribution is 3.97. The lowest BCUT2D eigenvalue weighted by Gasteiger charge is -2.14. The van der Waals surface area contributed by atoms with E-state index in [-0.39, 0.29) is 0 Å². The molecule has 0 aliphatic carbocycles. The Morgan fingerprint density at radius 2 is 1.80 bits per heavy atom. The molecule has 0 radical (unpaired) electrons. The zero-order chi connectivity index (χ0) is 3.70. The molecule has 5 heavy (non-hydrogen) atoms. The van der Waals surface area contributed by atoms with Crippen LogP contribution in [0, 0.1) is 0 Å². The van der Waals surface area contributed by atoms with Gasteiger partial charge in [0.25, 0.3) is 0 Å². The van der Waals surface area contributed by atoms with Crippen molar-refractivity contribution in [1.29, 1.82) is 0 Å². The van der Waals surface area contributed by atoms with Crippen LogP contribution in [-0.2, 0) is 14.8 Å². The normalized spacial score (nSPS) is 25.8. The topological polar surface area (TPSA) is 47.9 Å². The quantitative estimate of drug-likeness (QED) is 0.383. The van der Waals surface area contributed by atoms with Gasteiger partial charge < -0.3 is 5.11 Å². The third-order valence-electron chi connectivity index (χ3n) is 0.243. The minimum Gasteiger partial charge on any atom is -0.342 e. The van der Waals surface area contributed by atoms with E-state index in [9.17, 15) is 0 Å². The highest BCUT2D eigenvalue weighted by atomic mass is 17.6. The number of rotatable bonds is 0. The average molecular weight is 78.0 g/mol. The summed E-state index contributed by atoms with van der Waals surface area (Å²) in [7, 11) is 0. The zero-order valence-corrected chi connectivity index (χ0v) is 2.25. The Hall–Kier alpha value is -0.160. The van der Waals surface area contributed by atoms with E-state index in [0.29, 0.717) is 0 Å². The Bertz CT molecular complexity index is 30.6. The van der Waals surface area contributed by atoms with Crippen LogP contribution in [0.1, 0.15) is 0 Å². The molecule has 1 aliphatic heterocycles. The molecule has 0 spiro atoms. The first-order chi connectivity index (χ1) is 2.39. The van der Waals surface area contributed by atoms with Crippen molar-refractivity contribution in [1.82, 2.24) is 0 Å². The van der Waals surface area contributed by atoms with E-state index in [2.05, 4.69) is 14.8 Å². The maximum absolute atomic E-state index is 7.88. The standard InChI is InChI=1S/CH2O4/c2-1-3-5-4-1/h1-2H. The molecular weight excluding hydrogens is 76.0 g/mol. The second-order valence-electron chi connectivity index (χ2n) is 0.568. The Morgan fingerprint density at radius 1 is 1.40 bits per heavy atom. The van der Waals surface area contributed by atoms with Crippen molar-refractivity contribution in [3.63, 3.8) is 0 Å². The highest BCUT2D eigenvalue weighted by Crippen LogP contribution is 2.01. The molecule has 0 aromatic carbocycles. The summed E-state index contributed by atoms with van der Waals surface area (Å²) in [6.07, 6.45) is 0. The monoisotopic (exact) mass is 78.0 g/mol. The van der Waals surface area contributed by atoms with Gasteiger partial charge in [-0.2, -0.15) is 0 Å². The summed E-state index contributed by atoms with van der Waals surface area (Å²) in [4.78, 5) is 7.53. The van der Waals surface area contributed by atoms with Gasteiger partial charge in [0.2, 0.25) is 0 Å². The van der Waals surface area contributed by atoms with Crippen LogP contribution in [-0.4, -0.2) is 11.6 Å². The molecular formula is CH2O4. The van der Waals surface area contributed by atoms with Gasteiger partial charge in [0.05, 0.1) is 0 Å². The van der Waals surface area contributed by atoms with Gasteiger partial charge in [-0.1, -0.05) is 5.04 Å². The van der Waals surface area contributed by atoms with E-state index in [1.165, 1.54) is 0 Å². The van der Waals surface area contributed by atoms with Gasteiger partial charge in [0.1, 0.15) is 0 Å². The summed E-state index contributed by atoms with van der Waals surface area (Å²) in [6.45, 7) is -1.16. The summed E-state index contributed by atoms with van der Waals surface area (Å²) < 4.78 is 0. The minimum absolute atomic E-state index is 1.16. The summed E-state index contributed by atoms with van der Waals surface area (Å²) in [5.74, 6) is 0. The lowest BCUT2D eigenvalue weighted by atomic mass is 11.3. The summed E-state index contributed by atoms with van der Waals surface area (Å²) in [5.41, 5.74) is 0. The molecule has 4 nitrogen and oxygen atoms in total. The van der Waals surface area contributed by atoms with Gasteiger partial charge >= 0.3 is 6.48 Å². The first-order valence-corrected chi connectivity index (χ1v) is 1.06. The second-order valence-corrected chi connectivity index (χ2v) is 0.568. The maximum atomic E-state index is 7.88. The van der Waals surface area contributed by atoms with Crippen LogP contribution in [0.4, 0.5) is 0 Å². The number of aliphatic hydroxyl groups excluding tert-OH is 1. The van der Waals surface area contributed by atoms with Gasteiger partial charge in [-0.05, 0) is 0 Å². The minimum atomic E-state index is -1.16. The third-order valence-corrected chi connectivity index (χ3v) is 0.243. The molecule has 0 amide bonds. The van der Waals surface area contributed by atoms with Gasteiger partial charge in [0, 0.05) is 0 Å². The number of hydrogen-bond donors (Lipinski definition) is 1. The van der Waals surface area contributed by atoms with Gasteiger partial charge in [0.15, 0.2) is 0 Å². The highest BCUT2D eigenvalue weighted by Gasteiger charge is 2.16. The van der Waals surface area contributed by atoms with Crippen LogP contribution in [0.2, 0.25) is 0 Å². The molecule has 0 bridgehead atoms. The van der Waals surface area contributed by atoms with Crippen molar-refractivity contribution < 1.29 is 19.9 Å². The molecule has 0 aromatic heterocycles. The van der Waals surface area contributed by atoms with Crippen molar-refractivity contribution in [3.05, 3.63) is 0 Å². The second kappa shape index (κ2) is 0.908. The fourth-order valence-corrected chi connectivity index (χ4v) is 0.0744. The smallest absolute Gasteiger partial charge is 0.333 e. The predicted octanol–water partition coefficient (Wildman–Crippen LogP) is -0.844. The van der Waals surface area contributed by atoms with E-state index in [1.807, 2.05) is 0 Å². The first-order valence-electron chi connectivity index (χ1n) is 1.06. The van der Waals surface area contributed by atoms with Gasteiger partial charge in [-0.25, -0.2) is 0 Å². The Balaban J connectivity index is 2.08. The van der Waals surface area contributed by atoms with Crippen LogP contribution in [0.3, 0.4) is 0 Å². The van der Waals surface area contributed by atoms with Crippen LogP contribution in [0.15, 0.2) is 0 Å². The van der Waals surface area contributed by atoms with Crippen LogP contribution in [0.5, 0.6) is 0 Å². The van der Waals surface area contributed by atoms with Crippen LogP contribution < -0.4 is 0 Å². The third kappa shape index (κ3) is 0.381. The largest absolute Gasteiger partial charge is 0.342 e. The Labute approximate surface area is 27.7 Å². The fraction of sp³-hybridized carbons (Fsp3) is 1.00. The van der Waals surface area contributed by atoms with E-state index in [0.717, 1.165) is 0 Å². The van der Waals surface area contributed by atoms with Crippen molar-refractivity contribution in [2.24, 2.45) is 0 Å². The lowest BCUT2D eigenvalue weighted by Crippen LogP contribution is -2.26. The van der Waals surface area contributed by atoms with Gasteiger partial charge in [-0.3, -0.25) is 0 Å². The first kappa shape index (κ1) is 3.05. The van der Waals surface area contributed by atoms with E-state index >= 15 is 0 Å². The van der Waals surface area contributed by atoms with E-state index in [1.54, 1.807) is 0 Å². The fourth-order valence-electron chi connectivity index (χ4n) is 0.0744. The van der Waals surface area contributed by atoms with Crippen molar-refractivity contribution >= 4 is 0 Å². The predicted molar refractivity (Wildman–Crippen MR) is 9.26 cm³/mol. The molecule has 1 saturated heterocycles. The summed E-state index contributed by atoms with van der Waals surface area (Å²) in [6, 6.07) is 0. The molecule has 1 heterocycles. The number of aliphatic hydroxyl groups is 1. The molecule has 1 aliphatic rings. The summed E-state index contributed by atoms with van der Waals surface area (Å²) in [5, 5.41) is 11.5. The molecule has 1 N–H and O–H groups in total. The number of hydrogen-bond acceptors (Lipinski definition) is 4. The Kier molecular flexibility index (Phi) is 0.553. The van der Waals surface area contributed by atoms with Crippen LogP contribution >= 0.6 is 0 Å². The SMILES string of the molecule is OC1OOO1. The molecule has 1 rings (SSSR count). The molecule has 30 valence electrons. The average Bonchev–Trinajstić information content (AvgIpc) is 1.30. The van der Waals surface area contributed by atoms with E-state index < -0.39 is 6.48 Å². The van der Waals surface area contributed by atoms with E-state index in [4.69, 9.17) is 5.11 Å². The van der Waals surface area contributed by atoms with Crippen molar-refractivity contribution in [3.8, 4) is 0 Å². The van der Waals surface area contributed by atoms with Crippen LogP contribution in [0.25, 0.3) is 0 Å². The zero-order valence-electron chi connectivity index (χ0n) is 2.25. The lowest BCUT2D eigenvalue weighted by molar-refractivity contribution is -0.727. The maximum Gasteiger partial charge on any atom is 0.333 e. The summed E-state index contributed by atoms with van der Waals surface area (Å²) >= 11 is 0. The van der Waals surface area contributed by atoms with Gasteiger partial charge in [-0.15, -0.1) is 9.78 Å². The molecule has 4 heteroatoms. The molecule has 0 unspecified atom stereocenters. The molecule has 0 aromatic rings. The van der Waals surface area contributed by atoms with Crippen molar-refractivity contribution in [2.45, 2.75) is 6.48 Å².